The van der Waals surface area contributed by atoms with Crippen molar-refractivity contribution in [2.75, 3.05) is 13.6 Å². The number of hydrogen-bond donors (Lipinski definition) is 1. The van der Waals surface area contributed by atoms with E-state index in [1.165, 1.54) is 0 Å². The first-order valence-electron chi connectivity index (χ1n) is 6.14. The van der Waals surface area contributed by atoms with E-state index in [0.717, 1.165) is 5.56 Å². The molecule has 0 spiro atoms. The monoisotopic (exact) mass is 249 g/mol. The summed E-state index contributed by atoms with van der Waals surface area (Å²) in [6.45, 7) is 0.657. The minimum absolute atomic E-state index is 0.0373. The van der Waals surface area contributed by atoms with Gasteiger partial charge in [-0.05, 0) is 31.3 Å². The van der Waals surface area contributed by atoms with E-state index in [4.69, 9.17) is 0 Å². The third-order valence-electron chi connectivity index (χ3n) is 2.68. The molecule has 0 saturated heterocycles. The molecule has 0 amide bonds. The first-order valence-corrected chi connectivity index (χ1v) is 6.14. The molecule has 0 aliphatic rings. The van der Waals surface area contributed by atoms with Gasteiger partial charge < -0.3 is 5.32 Å². The van der Waals surface area contributed by atoms with Crippen LogP contribution in [0.2, 0.25) is 0 Å². The first-order chi connectivity index (χ1) is 9.31. The van der Waals surface area contributed by atoms with Crippen molar-refractivity contribution < 1.29 is 4.79 Å². The lowest BCUT2D eigenvalue weighted by Crippen LogP contribution is -2.04. The molecule has 0 aliphatic heterocycles. The Morgan fingerprint density at radius 2 is 1.63 bits per heavy atom. The zero-order valence-corrected chi connectivity index (χ0v) is 10.8. The molecule has 0 bridgehead atoms. The van der Waals surface area contributed by atoms with Gasteiger partial charge in [-0.15, -0.1) is 0 Å². The Kier molecular flexibility index (Phi) is 4.49. The summed E-state index contributed by atoms with van der Waals surface area (Å²) in [7, 11) is 1.86. The lowest BCUT2D eigenvalue weighted by atomic mass is 10.0. The molecule has 94 valence electrons. The third kappa shape index (κ3) is 3.54. The molecule has 2 aromatic carbocycles. The molecule has 0 radical (unpaired) electrons. The predicted octanol–water partition coefficient (Wildman–Crippen LogP) is 2.49. The quantitative estimate of drug-likeness (QED) is 0.669. The summed E-state index contributed by atoms with van der Waals surface area (Å²) in [5.41, 5.74) is 2.31. The Bertz CT molecular complexity index is 603. The number of ketones is 1. The number of hydrogen-bond acceptors (Lipinski definition) is 2. The van der Waals surface area contributed by atoms with Crippen molar-refractivity contribution in [2.45, 2.75) is 0 Å². The molecule has 0 heterocycles. The fraction of sp³-hybridized carbons (Fsp3) is 0.118. The van der Waals surface area contributed by atoms with Gasteiger partial charge in [0.2, 0.25) is 0 Å². The molecule has 1 N–H and O–H groups in total. The van der Waals surface area contributed by atoms with Crippen molar-refractivity contribution in [1.29, 1.82) is 0 Å². The Labute approximate surface area is 113 Å². The zero-order valence-electron chi connectivity index (χ0n) is 10.8. The van der Waals surface area contributed by atoms with Gasteiger partial charge in [-0.25, -0.2) is 0 Å². The van der Waals surface area contributed by atoms with E-state index in [1.807, 2.05) is 61.6 Å². The fourth-order valence-corrected chi connectivity index (χ4v) is 1.70. The summed E-state index contributed by atoms with van der Waals surface area (Å²) in [6, 6.07) is 16.7. The number of rotatable bonds is 3. The molecule has 0 saturated carbocycles. The van der Waals surface area contributed by atoms with Crippen LogP contribution in [0.25, 0.3) is 0 Å². The van der Waals surface area contributed by atoms with E-state index in [9.17, 15) is 4.79 Å². The number of carbonyl (C=O) groups excluding carboxylic acids is 1. The van der Waals surface area contributed by atoms with Crippen LogP contribution in [0.15, 0.2) is 54.6 Å². The van der Waals surface area contributed by atoms with Crippen molar-refractivity contribution in [1.82, 2.24) is 5.32 Å². The van der Waals surface area contributed by atoms with Gasteiger partial charge in [0, 0.05) is 16.7 Å². The van der Waals surface area contributed by atoms with Gasteiger partial charge in [0.25, 0.3) is 0 Å². The topological polar surface area (TPSA) is 29.1 Å². The summed E-state index contributed by atoms with van der Waals surface area (Å²) in [4.78, 5) is 12.2. The van der Waals surface area contributed by atoms with Gasteiger partial charge >= 0.3 is 0 Å². The molecule has 0 aromatic heterocycles. The Morgan fingerprint density at radius 1 is 1.00 bits per heavy atom. The lowest BCUT2D eigenvalue weighted by molar-refractivity contribution is 0.103. The van der Waals surface area contributed by atoms with Crippen molar-refractivity contribution in [3.05, 3.63) is 71.3 Å². The zero-order chi connectivity index (χ0) is 13.5. The maximum Gasteiger partial charge on any atom is 0.193 e. The highest BCUT2D eigenvalue weighted by Gasteiger charge is 2.07. The van der Waals surface area contributed by atoms with Crippen molar-refractivity contribution >= 4 is 5.78 Å². The van der Waals surface area contributed by atoms with Gasteiger partial charge in [0.1, 0.15) is 0 Å². The van der Waals surface area contributed by atoms with Gasteiger partial charge in [-0.3, -0.25) is 4.79 Å². The van der Waals surface area contributed by atoms with Gasteiger partial charge in [-0.2, -0.15) is 0 Å². The van der Waals surface area contributed by atoms with Crippen LogP contribution < -0.4 is 5.32 Å². The molecular formula is C17H15NO. The molecule has 2 nitrogen and oxygen atoms in total. The summed E-state index contributed by atoms with van der Waals surface area (Å²) in [5, 5.41) is 2.96. The molecule has 2 aromatic rings. The number of carbonyl (C=O) groups is 1. The summed E-state index contributed by atoms with van der Waals surface area (Å²) in [6.07, 6.45) is 0. The number of benzene rings is 2. The largest absolute Gasteiger partial charge is 0.309 e. The Morgan fingerprint density at radius 3 is 2.26 bits per heavy atom. The summed E-state index contributed by atoms with van der Waals surface area (Å²) >= 11 is 0. The molecule has 0 atom stereocenters. The molecule has 2 heteroatoms. The minimum atomic E-state index is 0.0373. The van der Waals surface area contributed by atoms with Gasteiger partial charge in [0.15, 0.2) is 5.78 Å². The molecule has 19 heavy (non-hydrogen) atoms. The van der Waals surface area contributed by atoms with Gasteiger partial charge in [0.05, 0.1) is 6.54 Å². The average Bonchev–Trinajstić information content (AvgIpc) is 2.48. The predicted molar refractivity (Wildman–Crippen MR) is 77.1 cm³/mol. The molecular weight excluding hydrogens is 234 g/mol. The molecule has 0 unspecified atom stereocenters. The van der Waals surface area contributed by atoms with Crippen LogP contribution in [-0.2, 0) is 0 Å². The normalized spacial score (nSPS) is 9.53. The SMILES string of the molecule is CNCC#Cc1ccc(C(=O)c2ccccc2)cc1. The van der Waals surface area contributed by atoms with Crippen LogP contribution in [0.4, 0.5) is 0 Å². The highest BCUT2D eigenvalue weighted by atomic mass is 16.1. The van der Waals surface area contributed by atoms with Crippen LogP contribution in [-0.4, -0.2) is 19.4 Å². The van der Waals surface area contributed by atoms with E-state index < -0.39 is 0 Å². The lowest BCUT2D eigenvalue weighted by Gasteiger charge is -2.00. The smallest absolute Gasteiger partial charge is 0.193 e. The van der Waals surface area contributed by atoms with Gasteiger partial charge in [-0.1, -0.05) is 42.2 Å². The summed E-state index contributed by atoms with van der Waals surface area (Å²) < 4.78 is 0. The summed E-state index contributed by atoms with van der Waals surface area (Å²) in [5.74, 6) is 6.05. The van der Waals surface area contributed by atoms with Crippen molar-refractivity contribution in [3.8, 4) is 11.8 Å². The van der Waals surface area contributed by atoms with E-state index in [0.29, 0.717) is 17.7 Å². The highest BCUT2D eigenvalue weighted by Crippen LogP contribution is 2.10. The first kappa shape index (κ1) is 13.1. The third-order valence-corrected chi connectivity index (χ3v) is 2.68. The van der Waals surface area contributed by atoms with Crippen LogP contribution in [0, 0.1) is 11.8 Å². The van der Waals surface area contributed by atoms with Crippen molar-refractivity contribution in [3.63, 3.8) is 0 Å². The van der Waals surface area contributed by atoms with Crippen LogP contribution in [0.5, 0.6) is 0 Å². The molecule has 0 aliphatic carbocycles. The second-order valence-corrected chi connectivity index (χ2v) is 4.10. The van der Waals surface area contributed by atoms with Crippen LogP contribution >= 0.6 is 0 Å². The Balaban J connectivity index is 2.15. The second-order valence-electron chi connectivity index (χ2n) is 4.10. The average molecular weight is 249 g/mol. The van der Waals surface area contributed by atoms with Crippen LogP contribution in [0.1, 0.15) is 21.5 Å². The van der Waals surface area contributed by atoms with E-state index in [2.05, 4.69) is 17.2 Å². The maximum atomic E-state index is 12.2. The fourth-order valence-electron chi connectivity index (χ4n) is 1.70. The van der Waals surface area contributed by atoms with Crippen LogP contribution in [0.3, 0.4) is 0 Å². The van der Waals surface area contributed by atoms with E-state index in [1.54, 1.807) is 0 Å². The number of nitrogens with one attached hydrogen (secondary N) is 1. The van der Waals surface area contributed by atoms with Crippen molar-refractivity contribution in [2.24, 2.45) is 0 Å². The standard InChI is InChI=1S/C17H15NO/c1-18-13-5-6-14-9-11-16(12-10-14)17(19)15-7-3-2-4-8-15/h2-4,7-12,18H,13H2,1H3. The minimum Gasteiger partial charge on any atom is -0.309 e. The van der Waals surface area contributed by atoms with E-state index in [-0.39, 0.29) is 5.78 Å². The molecule has 2 rings (SSSR count). The second kappa shape index (κ2) is 6.53. The maximum absolute atomic E-state index is 12.2. The van der Waals surface area contributed by atoms with E-state index >= 15 is 0 Å². The highest BCUT2D eigenvalue weighted by molar-refractivity contribution is 6.08. The Hall–Kier alpha value is -2.37. The molecule has 0 fully saturated rings.